The van der Waals surface area contributed by atoms with Crippen molar-refractivity contribution < 1.29 is 9.53 Å². The Morgan fingerprint density at radius 2 is 1.81 bits per heavy atom. The van der Waals surface area contributed by atoms with Gasteiger partial charge in [-0.15, -0.1) is 0 Å². The van der Waals surface area contributed by atoms with Gasteiger partial charge in [0.25, 0.3) is 0 Å². The monoisotopic (exact) mass is 283 g/mol. The summed E-state index contributed by atoms with van der Waals surface area (Å²) in [6.07, 6.45) is 0.858. The number of hydrogen-bond donors (Lipinski definition) is 1. The molecule has 0 saturated heterocycles. The predicted octanol–water partition coefficient (Wildman–Crippen LogP) is 3.35. The smallest absolute Gasteiger partial charge is 0.216 e. The van der Waals surface area contributed by atoms with Gasteiger partial charge in [0.2, 0.25) is 5.91 Å². The van der Waals surface area contributed by atoms with Crippen LogP contribution in [0.25, 0.3) is 0 Å². The maximum Gasteiger partial charge on any atom is 0.216 e. The summed E-state index contributed by atoms with van der Waals surface area (Å²) in [5.41, 5.74) is 2.45. The largest absolute Gasteiger partial charge is 0.497 e. The molecule has 0 fully saturated rings. The van der Waals surface area contributed by atoms with Crippen LogP contribution >= 0.6 is 0 Å². The third-order valence-electron chi connectivity index (χ3n) is 3.51. The van der Waals surface area contributed by atoms with Crippen molar-refractivity contribution in [2.24, 2.45) is 0 Å². The highest BCUT2D eigenvalue weighted by Gasteiger charge is 2.14. The second kappa shape index (κ2) is 7.48. The standard InChI is InChI=1S/C18H21NO2/c1-14(20)19-12-11-18(15-7-4-3-5-8-15)16-9-6-10-17(13-16)21-2/h3-10,13,18H,11-12H2,1-2H3,(H,19,20). The molecule has 21 heavy (non-hydrogen) atoms. The van der Waals surface area contributed by atoms with Crippen molar-refractivity contribution in [2.45, 2.75) is 19.3 Å². The average molecular weight is 283 g/mol. The Hall–Kier alpha value is -2.29. The van der Waals surface area contributed by atoms with Gasteiger partial charge in [-0.05, 0) is 29.7 Å². The van der Waals surface area contributed by atoms with Crippen LogP contribution in [-0.2, 0) is 4.79 Å². The Morgan fingerprint density at radius 3 is 2.48 bits per heavy atom. The first-order valence-electron chi connectivity index (χ1n) is 7.14. The lowest BCUT2D eigenvalue weighted by Gasteiger charge is -2.19. The topological polar surface area (TPSA) is 38.3 Å². The van der Waals surface area contributed by atoms with E-state index >= 15 is 0 Å². The molecule has 0 saturated carbocycles. The third-order valence-corrected chi connectivity index (χ3v) is 3.51. The van der Waals surface area contributed by atoms with Crippen LogP contribution < -0.4 is 10.1 Å². The van der Waals surface area contributed by atoms with Gasteiger partial charge in [-0.25, -0.2) is 0 Å². The fourth-order valence-corrected chi connectivity index (χ4v) is 2.46. The summed E-state index contributed by atoms with van der Waals surface area (Å²) in [7, 11) is 1.67. The van der Waals surface area contributed by atoms with E-state index in [2.05, 4.69) is 29.6 Å². The van der Waals surface area contributed by atoms with E-state index < -0.39 is 0 Å². The van der Waals surface area contributed by atoms with E-state index in [0.717, 1.165) is 12.2 Å². The highest BCUT2D eigenvalue weighted by molar-refractivity contribution is 5.72. The highest BCUT2D eigenvalue weighted by Crippen LogP contribution is 2.29. The number of methoxy groups -OCH3 is 1. The number of amides is 1. The minimum Gasteiger partial charge on any atom is -0.497 e. The van der Waals surface area contributed by atoms with Crippen LogP contribution in [0.3, 0.4) is 0 Å². The molecule has 0 aromatic heterocycles. The van der Waals surface area contributed by atoms with Gasteiger partial charge in [0.05, 0.1) is 7.11 Å². The molecule has 1 atom stereocenters. The van der Waals surface area contributed by atoms with E-state index in [-0.39, 0.29) is 11.8 Å². The van der Waals surface area contributed by atoms with E-state index in [4.69, 9.17) is 4.74 Å². The van der Waals surface area contributed by atoms with Crippen molar-refractivity contribution in [2.75, 3.05) is 13.7 Å². The predicted molar refractivity (Wildman–Crippen MR) is 84.6 cm³/mol. The molecule has 0 heterocycles. The summed E-state index contributed by atoms with van der Waals surface area (Å²) < 4.78 is 5.31. The van der Waals surface area contributed by atoms with Crippen LogP contribution in [0.1, 0.15) is 30.4 Å². The Balaban J connectivity index is 2.24. The van der Waals surface area contributed by atoms with Gasteiger partial charge >= 0.3 is 0 Å². The van der Waals surface area contributed by atoms with Crippen LogP contribution in [-0.4, -0.2) is 19.6 Å². The maximum atomic E-state index is 11.1. The molecular formula is C18H21NO2. The molecular weight excluding hydrogens is 262 g/mol. The molecule has 0 spiro atoms. The van der Waals surface area contributed by atoms with Gasteiger partial charge in [0.15, 0.2) is 0 Å². The first-order valence-corrected chi connectivity index (χ1v) is 7.14. The van der Waals surface area contributed by atoms with Gasteiger partial charge < -0.3 is 10.1 Å². The summed E-state index contributed by atoms with van der Waals surface area (Å²) >= 11 is 0. The van der Waals surface area contributed by atoms with E-state index in [9.17, 15) is 4.79 Å². The number of nitrogens with one attached hydrogen (secondary N) is 1. The molecule has 2 aromatic carbocycles. The average Bonchev–Trinajstić information content (AvgIpc) is 2.52. The number of carbonyl (C=O) groups is 1. The van der Waals surface area contributed by atoms with Crippen LogP contribution in [0.4, 0.5) is 0 Å². The summed E-state index contributed by atoms with van der Waals surface area (Å²) in [6, 6.07) is 18.5. The zero-order valence-corrected chi connectivity index (χ0v) is 12.5. The van der Waals surface area contributed by atoms with Gasteiger partial charge in [0, 0.05) is 19.4 Å². The molecule has 1 N–H and O–H groups in total. The molecule has 1 amide bonds. The third kappa shape index (κ3) is 4.35. The molecule has 1 unspecified atom stereocenters. The highest BCUT2D eigenvalue weighted by atomic mass is 16.5. The van der Waals surface area contributed by atoms with Gasteiger partial charge in [-0.2, -0.15) is 0 Å². The molecule has 3 heteroatoms. The van der Waals surface area contributed by atoms with Crippen molar-refractivity contribution in [3.05, 3.63) is 65.7 Å². The molecule has 3 nitrogen and oxygen atoms in total. The van der Waals surface area contributed by atoms with Crippen molar-refractivity contribution >= 4 is 5.91 Å². The molecule has 2 aromatic rings. The Morgan fingerprint density at radius 1 is 1.10 bits per heavy atom. The molecule has 0 aliphatic carbocycles. The Bertz CT molecular complexity index is 581. The van der Waals surface area contributed by atoms with Crippen LogP contribution in [0, 0.1) is 0 Å². The molecule has 0 bridgehead atoms. The van der Waals surface area contributed by atoms with E-state index in [1.807, 2.05) is 30.3 Å². The van der Waals surface area contributed by atoms with E-state index in [1.54, 1.807) is 14.0 Å². The zero-order valence-electron chi connectivity index (χ0n) is 12.5. The molecule has 2 rings (SSSR count). The lowest BCUT2D eigenvalue weighted by Crippen LogP contribution is -2.22. The maximum absolute atomic E-state index is 11.1. The van der Waals surface area contributed by atoms with Gasteiger partial charge in [0.1, 0.15) is 5.75 Å². The SMILES string of the molecule is COc1cccc(C(CCNC(C)=O)c2ccccc2)c1. The van der Waals surface area contributed by atoms with Crippen LogP contribution in [0.2, 0.25) is 0 Å². The van der Waals surface area contributed by atoms with E-state index in [0.29, 0.717) is 6.54 Å². The summed E-state index contributed by atoms with van der Waals surface area (Å²) in [5, 5.41) is 2.87. The first-order chi connectivity index (χ1) is 10.2. The molecule has 0 aliphatic heterocycles. The number of rotatable bonds is 6. The summed E-state index contributed by atoms with van der Waals surface area (Å²) in [5.74, 6) is 1.11. The lowest BCUT2D eigenvalue weighted by atomic mass is 9.88. The van der Waals surface area contributed by atoms with Gasteiger partial charge in [-0.1, -0.05) is 42.5 Å². The van der Waals surface area contributed by atoms with E-state index in [1.165, 1.54) is 11.1 Å². The van der Waals surface area contributed by atoms with Gasteiger partial charge in [-0.3, -0.25) is 4.79 Å². The van der Waals surface area contributed by atoms with Crippen molar-refractivity contribution in [1.29, 1.82) is 0 Å². The lowest BCUT2D eigenvalue weighted by molar-refractivity contribution is -0.118. The van der Waals surface area contributed by atoms with Crippen molar-refractivity contribution in [3.63, 3.8) is 0 Å². The quantitative estimate of drug-likeness (QED) is 0.883. The van der Waals surface area contributed by atoms with Crippen molar-refractivity contribution in [1.82, 2.24) is 5.32 Å². The zero-order chi connectivity index (χ0) is 15.1. The fourth-order valence-electron chi connectivity index (χ4n) is 2.46. The summed E-state index contributed by atoms with van der Waals surface area (Å²) in [4.78, 5) is 11.1. The second-order valence-electron chi connectivity index (χ2n) is 5.01. The minimum absolute atomic E-state index is 0.00690. The molecule has 110 valence electrons. The first kappa shape index (κ1) is 15.1. The van der Waals surface area contributed by atoms with Crippen LogP contribution in [0.5, 0.6) is 5.75 Å². The molecule has 0 radical (unpaired) electrons. The Labute approximate surface area is 126 Å². The molecule has 0 aliphatic rings. The second-order valence-corrected chi connectivity index (χ2v) is 5.01. The number of hydrogen-bond acceptors (Lipinski definition) is 2. The minimum atomic E-state index is 0.00690. The summed E-state index contributed by atoms with van der Waals surface area (Å²) in [6.45, 7) is 2.20. The normalized spacial score (nSPS) is 11.7. The number of benzene rings is 2. The fraction of sp³-hybridized carbons (Fsp3) is 0.278. The Kier molecular flexibility index (Phi) is 5.38. The van der Waals surface area contributed by atoms with Crippen LogP contribution in [0.15, 0.2) is 54.6 Å². The number of ether oxygens (including phenoxy) is 1. The van der Waals surface area contributed by atoms with Crippen molar-refractivity contribution in [3.8, 4) is 5.75 Å². The number of carbonyl (C=O) groups excluding carboxylic acids is 1.